The monoisotopic (exact) mass is 364 g/mol. The Balaban J connectivity index is 1.54. The van der Waals surface area contributed by atoms with Crippen LogP contribution in [0, 0.1) is 6.92 Å². The molecule has 27 heavy (non-hydrogen) atoms. The van der Waals surface area contributed by atoms with Crippen molar-refractivity contribution in [2.24, 2.45) is 0 Å². The number of anilines is 1. The van der Waals surface area contributed by atoms with Crippen molar-refractivity contribution in [1.82, 2.24) is 15.1 Å². The number of carbonyl (C=O) groups excluding carboxylic acids is 1. The van der Waals surface area contributed by atoms with Crippen LogP contribution in [0.2, 0.25) is 0 Å². The molecule has 0 saturated carbocycles. The minimum Gasteiger partial charge on any atom is -0.393 e. The molecule has 4 rings (SSSR count). The molecule has 2 aromatic carbocycles. The molecule has 0 atom stereocenters. The van der Waals surface area contributed by atoms with Crippen molar-refractivity contribution in [2.75, 3.05) is 18.4 Å². The Labute approximate surface area is 158 Å². The Hall–Kier alpha value is -2.70. The van der Waals surface area contributed by atoms with Crippen LogP contribution >= 0.6 is 0 Å². The van der Waals surface area contributed by atoms with Crippen LogP contribution in [0.1, 0.15) is 34.5 Å². The maximum Gasteiger partial charge on any atom is 0.257 e. The summed E-state index contributed by atoms with van der Waals surface area (Å²) in [6.07, 6.45) is 1.42. The number of aryl methyl sites for hydroxylation is 1. The van der Waals surface area contributed by atoms with Crippen molar-refractivity contribution in [1.29, 1.82) is 0 Å². The van der Waals surface area contributed by atoms with Crippen molar-refractivity contribution in [2.45, 2.75) is 32.4 Å². The number of carbonyl (C=O) groups is 1. The van der Waals surface area contributed by atoms with E-state index in [0.29, 0.717) is 11.1 Å². The van der Waals surface area contributed by atoms with Gasteiger partial charge in [0.15, 0.2) is 0 Å². The molecule has 0 bridgehead atoms. The van der Waals surface area contributed by atoms with E-state index < -0.39 is 0 Å². The zero-order valence-corrected chi connectivity index (χ0v) is 15.4. The lowest BCUT2D eigenvalue weighted by atomic mass is 10.1. The predicted molar refractivity (Wildman–Crippen MR) is 106 cm³/mol. The number of hydrogen-bond donors (Lipinski definition) is 3. The van der Waals surface area contributed by atoms with E-state index in [2.05, 4.69) is 20.4 Å². The van der Waals surface area contributed by atoms with E-state index in [-0.39, 0.29) is 12.0 Å². The van der Waals surface area contributed by atoms with Gasteiger partial charge in [-0.2, -0.15) is 5.10 Å². The second-order valence-electron chi connectivity index (χ2n) is 7.17. The number of benzene rings is 2. The lowest BCUT2D eigenvalue weighted by Crippen LogP contribution is -2.35. The van der Waals surface area contributed by atoms with Gasteiger partial charge in [0, 0.05) is 36.4 Å². The molecule has 2 heterocycles. The summed E-state index contributed by atoms with van der Waals surface area (Å²) in [6.45, 7) is 4.45. The number of H-pyrrole nitrogens is 1. The second-order valence-corrected chi connectivity index (χ2v) is 7.17. The van der Waals surface area contributed by atoms with Crippen LogP contribution in [0.3, 0.4) is 0 Å². The summed E-state index contributed by atoms with van der Waals surface area (Å²) >= 11 is 0. The molecule has 0 radical (unpaired) electrons. The van der Waals surface area contributed by atoms with Crippen LogP contribution < -0.4 is 5.32 Å². The molecule has 1 saturated heterocycles. The fraction of sp³-hybridized carbons (Fsp3) is 0.333. The predicted octanol–water partition coefficient (Wildman–Crippen LogP) is 3.08. The molecule has 0 unspecified atom stereocenters. The number of amides is 1. The van der Waals surface area contributed by atoms with Crippen molar-refractivity contribution >= 4 is 22.5 Å². The summed E-state index contributed by atoms with van der Waals surface area (Å²) in [4.78, 5) is 15.2. The maximum absolute atomic E-state index is 12.9. The van der Waals surface area contributed by atoms with E-state index in [1.165, 1.54) is 0 Å². The van der Waals surface area contributed by atoms with Crippen LogP contribution in [0.25, 0.3) is 10.9 Å². The van der Waals surface area contributed by atoms with Crippen LogP contribution in [0.5, 0.6) is 0 Å². The van der Waals surface area contributed by atoms with Crippen molar-refractivity contribution < 1.29 is 9.90 Å². The average molecular weight is 364 g/mol. The number of nitrogens with zero attached hydrogens (tertiary/aromatic N) is 2. The minimum absolute atomic E-state index is 0.159. The van der Waals surface area contributed by atoms with E-state index in [1.54, 1.807) is 6.07 Å². The van der Waals surface area contributed by atoms with Gasteiger partial charge in [-0.15, -0.1) is 0 Å². The van der Waals surface area contributed by atoms with Crippen molar-refractivity contribution in [3.05, 3.63) is 59.3 Å². The molecule has 0 spiro atoms. The van der Waals surface area contributed by atoms with Crippen LogP contribution in [-0.4, -0.2) is 45.3 Å². The topological polar surface area (TPSA) is 81.2 Å². The molecule has 1 aromatic heterocycles. The molecular weight excluding hydrogens is 340 g/mol. The Bertz CT molecular complexity index is 958. The normalized spacial score (nSPS) is 15.9. The van der Waals surface area contributed by atoms with Gasteiger partial charge < -0.3 is 10.4 Å². The summed E-state index contributed by atoms with van der Waals surface area (Å²) in [5.74, 6) is -0.159. The van der Waals surface area contributed by atoms with E-state index in [1.807, 2.05) is 43.3 Å². The Morgan fingerprint density at radius 1 is 1.22 bits per heavy atom. The molecule has 1 amide bonds. The molecule has 1 fully saturated rings. The van der Waals surface area contributed by atoms with Gasteiger partial charge >= 0.3 is 0 Å². The second kappa shape index (κ2) is 7.50. The zero-order valence-electron chi connectivity index (χ0n) is 15.4. The highest BCUT2D eigenvalue weighted by Crippen LogP contribution is 2.23. The summed E-state index contributed by atoms with van der Waals surface area (Å²) in [5.41, 5.74) is 4.10. The molecule has 1 aliphatic rings. The fourth-order valence-corrected chi connectivity index (χ4v) is 3.64. The number of para-hydroxylation sites is 2. The number of aliphatic hydroxyl groups is 1. The number of aliphatic hydroxyl groups excluding tert-OH is 1. The van der Waals surface area contributed by atoms with Crippen LogP contribution in [-0.2, 0) is 6.54 Å². The van der Waals surface area contributed by atoms with Gasteiger partial charge in [0.05, 0.1) is 11.7 Å². The number of likely N-dealkylation sites (tertiary alicyclic amines) is 1. The number of rotatable bonds is 4. The molecule has 3 N–H and O–H groups in total. The lowest BCUT2D eigenvalue weighted by molar-refractivity contribution is 0.0793. The van der Waals surface area contributed by atoms with Crippen LogP contribution in [0.4, 0.5) is 5.69 Å². The number of piperidine rings is 1. The molecule has 140 valence electrons. The summed E-state index contributed by atoms with van der Waals surface area (Å²) in [5, 5.41) is 20.9. The smallest absolute Gasteiger partial charge is 0.257 e. The number of aromatic nitrogens is 2. The van der Waals surface area contributed by atoms with E-state index in [9.17, 15) is 9.90 Å². The molecule has 1 aliphatic heterocycles. The highest BCUT2D eigenvalue weighted by molar-refractivity contribution is 6.12. The molecular formula is C21H24N4O2. The standard InChI is InChI=1S/C21H24N4O2/c1-14-17-6-4-7-18(20(17)24-23-14)21(27)22-19-8-3-2-5-15(19)13-25-11-9-16(26)10-12-25/h2-8,16,26H,9-13H2,1H3,(H,22,27)(H,23,24). The summed E-state index contributed by atoms with van der Waals surface area (Å²) < 4.78 is 0. The Morgan fingerprint density at radius 2 is 2.00 bits per heavy atom. The minimum atomic E-state index is -0.186. The summed E-state index contributed by atoms with van der Waals surface area (Å²) in [6, 6.07) is 13.5. The fourth-order valence-electron chi connectivity index (χ4n) is 3.64. The number of aromatic amines is 1. The van der Waals surface area contributed by atoms with Crippen molar-refractivity contribution in [3.63, 3.8) is 0 Å². The molecule has 6 heteroatoms. The maximum atomic E-state index is 12.9. The largest absolute Gasteiger partial charge is 0.393 e. The van der Waals surface area contributed by atoms with Gasteiger partial charge in [-0.3, -0.25) is 14.8 Å². The quantitative estimate of drug-likeness (QED) is 0.664. The number of nitrogens with one attached hydrogen (secondary N) is 2. The third-order valence-corrected chi connectivity index (χ3v) is 5.24. The highest BCUT2D eigenvalue weighted by Gasteiger charge is 2.19. The van der Waals surface area contributed by atoms with Gasteiger partial charge in [0.25, 0.3) is 5.91 Å². The van der Waals surface area contributed by atoms with Gasteiger partial charge in [0.1, 0.15) is 5.52 Å². The van der Waals surface area contributed by atoms with Crippen LogP contribution in [0.15, 0.2) is 42.5 Å². The first-order valence-corrected chi connectivity index (χ1v) is 9.35. The lowest BCUT2D eigenvalue weighted by Gasteiger charge is -2.30. The highest BCUT2D eigenvalue weighted by atomic mass is 16.3. The number of fused-ring (bicyclic) bond motifs is 1. The van der Waals surface area contributed by atoms with E-state index >= 15 is 0 Å². The molecule has 3 aromatic rings. The Morgan fingerprint density at radius 3 is 2.81 bits per heavy atom. The van der Waals surface area contributed by atoms with Gasteiger partial charge in [-0.1, -0.05) is 30.3 Å². The third-order valence-electron chi connectivity index (χ3n) is 5.24. The third kappa shape index (κ3) is 3.72. The summed E-state index contributed by atoms with van der Waals surface area (Å²) in [7, 11) is 0. The molecule has 6 nitrogen and oxygen atoms in total. The molecule has 0 aliphatic carbocycles. The zero-order chi connectivity index (χ0) is 18.8. The number of hydrogen-bond acceptors (Lipinski definition) is 4. The van der Waals surface area contributed by atoms with Gasteiger partial charge in [-0.25, -0.2) is 0 Å². The van der Waals surface area contributed by atoms with Gasteiger partial charge in [-0.05, 0) is 37.5 Å². The first-order valence-electron chi connectivity index (χ1n) is 9.35. The Kier molecular flexibility index (Phi) is 4.92. The van der Waals surface area contributed by atoms with E-state index in [0.717, 1.165) is 54.8 Å². The van der Waals surface area contributed by atoms with Gasteiger partial charge in [0.2, 0.25) is 0 Å². The van der Waals surface area contributed by atoms with E-state index in [4.69, 9.17) is 0 Å². The van der Waals surface area contributed by atoms with Crippen molar-refractivity contribution in [3.8, 4) is 0 Å². The first kappa shape index (κ1) is 17.7. The first-order chi connectivity index (χ1) is 13.1. The SMILES string of the molecule is Cc1[nH]nc2c(C(=O)Nc3ccccc3CN3CCC(O)CC3)cccc12. The average Bonchev–Trinajstić information content (AvgIpc) is 3.06.